The normalized spacial score (nSPS) is 29.9. The molecule has 0 spiro atoms. The summed E-state index contributed by atoms with van der Waals surface area (Å²) >= 11 is 0. The first-order chi connectivity index (χ1) is 5.16. The van der Waals surface area contributed by atoms with Gasteiger partial charge in [-0.05, 0) is 26.0 Å². The van der Waals surface area contributed by atoms with Crippen LogP contribution in [-0.4, -0.2) is 24.5 Å². The molecule has 1 rings (SSSR count). The van der Waals surface area contributed by atoms with Gasteiger partial charge < -0.3 is 10.6 Å². The average Bonchev–Trinajstić information content (AvgIpc) is 2.36. The van der Waals surface area contributed by atoms with Crippen LogP contribution in [0.3, 0.4) is 0 Å². The number of rotatable bonds is 2. The van der Waals surface area contributed by atoms with Crippen LogP contribution in [0.2, 0.25) is 0 Å². The lowest BCUT2D eigenvalue weighted by Crippen LogP contribution is -2.46. The van der Waals surface area contributed by atoms with E-state index in [1.165, 1.54) is 6.08 Å². The van der Waals surface area contributed by atoms with Crippen LogP contribution in [0.4, 0.5) is 0 Å². The van der Waals surface area contributed by atoms with Crippen LogP contribution in [-0.2, 0) is 4.79 Å². The Hall–Kier alpha value is -0.830. The van der Waals surface area contributed by atoms with Crippen molar-refractivity contribution in [1.82, 2.24) is 10.6 Å². The van der Waals surface area contributed by atoms with Crippen molar-refractivity contribution in [1.29, 1.82) is 0 Å². The minimum Gasteiger partial charge on any atom is -0.346 e. The molecule has 0 radical (unpaired) electrons. The van der Waals surface area contributed by atoms with Crippen molar-refractivity contribution in [3.05, 3.63) is 12.7 Å². The summed E-state index contributed by atoms with van der Waals surface area (Å²) in [5.41, 5.74) is -0.0642. The Bertz CT molecular complexity index is 171. The van der Waals surface area contributed by atoms with Gasteiger partial charge in [0.25, 0.3) is 0 Å². The third kappa shape index (κ3) is 2.05. The first-order valence-electron chi connectivity index (χ1n) is 3.82. The van der Waals surface area contributed by atoms with Crippen LogP contribution in [0.25, 0.3) is 0 Å². The summed E-state index contributed by atoms with van der Waals surface area (Å²) in [4.78, 5) is 10.9. The molecule has 1 aliphatic heterocycles. The molecule has 1 heterocycles. The fraction of sp³-hybridized carbons (Fsp3) is 0.625. The van der Waals surface area contributed by atoms with Crippen LogP contribution >= 0.6 is 0 Å². The minimum absolute atomic E-state index is 0.0642. The van der Waals surface area contributed by atoms with Gasteiger partial charge in [-0.3, -0.25) is 4.79 Å². The molecular weight excluding hydrogens is 140 g/mol. The highest BCUT2D eigenvalue weighted by atomic mass is 16.1. The highest BCUT2D eigenvalue weighted by Crippen LogP contribution is 2.12. The van der Waals surface area contributed by atoms with Crippen LogP contribution < -0.4 is 10.6 Å². The van der Waals surface area contributed by atoms with Gasteiger partial charge in [-0.15, -0.1) is 0 Å². The standard InChI is InChI=1S/C8H14N2O/c1-3-7(11)10-8(2)4-5-9-6-8/h3,9H,1,4-6H2,2H3,(H,10,11). The molecule has 3 heteroatoms. The molecule has 0 aromatic rings. The smallest absolute Gasteiger partial charge is 0.243 e. The number of carbonyl (C=O) groups excluding carboxylic acids is 1. The molecule has 0 bridgehead atoms. The zero-order chi connectivity index (χ0) is 8.32. The maximum Gasteiger partial charge on any atom is 0.243 e. The third-order valence-electron chi connectivity index (χ3n) is 1.98. The topological polar surface area (TPSA) is 41.1 Å². The van der Waals surface area contributed by atoms with E-state index >= 15 is 0 Å². The van der Waals surface area contributed by atoms with E-state index in [-0.39, 0.29) is 11.4 Å². The van der Waals surface area contributed by atoms with Gasteiger partial charge in [-0.25, -0.2) is 0 Å². The van der Waals surface area contributed by atoms with Crippen molar-refractivity contribution in [3.8, 4) is 0 Å². The highest BCUT2D eigenvalue weighted by molar-refractivity contribution is 5.87. The van der Waals surface area contributed by atoms with E-state index in [1.54, 1.807) is 0 Å². The quantitative estimate of drug-likeness (QED) is 0.551. The van der Waals surface area contributed by atoms with Crippen molar-refractivity contribution in [2.24, 2.45) is 0 Å². The molecule has 0 saturated carbocycles. The fourth-order valence-corrected chi connectivity index (χ4v) is 1.27. The van der Waals surface area contributed by atoms with Crippen molar-refractivity contribution >= 4 is 5.91 Å². The van der Waals surface area contributed by atoms with Crippen molar-refractivity contribution in [2.45, 2.75) is 18.9 Å². The van der Waals surface area contributed by atoms with Gasteiger partial charge in [0.05, 0.1) is 5.54 Å². The molecule has 0 aliphatic carbocycles. The summed E-state index contributed by atoms with van der Waals surface area (Å²) in [6, 6.07) is 0. The van der Waals surface area contributed by atoms with Gasteiger partial charge in [0.1, 0.15) is 0 Å². The van der Waals surface area contributed by atoms with Crippen molar-refractivity contribution < 1.29 is 4.79 Å². The Labute approximate surface area is 66.9 Å². The summed E-state index contributed by atoms with van der Waals surface area (Å²) < 4.78 is 0. The largest absolute Gasteiger partial charge is 0.346 e. The molecule has 11 heavy (non-hydrogen) atoms. The lowest BCUT2D eigenvalue weighted by atomic mass is 10.0. The van der Waals surface area contributed by atoms with Crippen LogP contribution in [0.1, 0.15) is 13.3 Å². The molecule has 1 atom stereocenters. The Kier molecular flexibility index (Phi) is 2.29. The van der Waals surface area contributed by atoms with E-state index in [0.29, 0.717) is 0 Å². The van der Waals surface area contributed by atoms with E-state index in [1.807, 2.05) is 6.92 Å². The molecule has 2 N–H and O–H groups in total. The predicted molar refractivity (Wildman–Crippen MR) is 44.2 cm³/mol. The van der Waals surface area contributed by atoms with Gasteiger partial charge in [0.2, 0.25) is 5.91 Å². The van der Waals surface area contributed by atoms with E-state index in [4.69, 9.17) is 0 Å². The van der Waals surface area contributed by atoms with Crippen molar-refractivity contribution in [3.63, 3.8) is 0 Å². The lowest BCUT2D eigenvalue weighted by molar-refractivity contribution is -0.117. The molecule has 1 saturated heterocycles. The average molecular weight is 154 g/mol. The Morgan fingerprint density at radius 2 is 2.55 bits per heavy atom. The van der Waals surface area contributed by atoms with Crippen LogP contribution in [0.15, 0.2) is 12.7 Å². The van der Waals surface area contributed by atoms with Gasteiger partial charge in [-0.1, -0.05) is 6.58 Å². The van der Waals surface area contributed by atoms with Crippen LogP contribution in [0, 0.1) is 0 Å². The van der Waals surface area contributed by atoms with Gasteiger partial charge in [0, 0.05) is 6.54 Å². The minimum atomic E-state index is -0.0869. The van der Waals surface area contributed by atoms with Gasteiger partial charge in [-0.2, -0.15) is 0 Å². The van der Waals surface area contributed by atoms with E-state index in [9.17, 15) is 4.79 Å². The zero-order valence-corrected chi connectivity index (χ0v) is 6.81. The first kappa shape index (κ1) is 8.27. The molecule has 3 nitrogen and oxygen atoms in total. The summed E-state index contributed by atoms with van der Waals surface area (Å²) in [5, 5.41) is 6.08. The van der Waals surface area contributed by atoms with Gasteiger partial charge in [0.15, 0.2) is 0 Å². The third-order valence-corrected chi connectivity index (χ3v) is 1.98. The zero-order valence-electron chi connectivity index (χ0n) is 6.81. The first-order valence-corrected chi connectivity index (χ1v) is 3.82. The number of hydrogen-bond donors (Lipinski definition) is 2. The number of nitrogens with one attached hydrogen (secondary N) is 2. The Morgan fingerprint density at radius 1 is 1.82 bits per heavy atom. The highest BCUT2D eigenvalue weighted by Gasteiger charge is 2.28. The second-order valence-electron chi connectivity index (χ2n) is 3.18. The fourth-order valence-electron chi connectivity index (χ4n) is 1.27. The number of hydrogen-bond acceptors (Lipinski definition) is 2. The lowest BCUT2D eigenvalue weighted by Gasteiger charge is -2.23. The summed E-state index contributed by atoms with van der Waals surface area (Å²) in [7, 11) is 0. The van der Waals surface area contributed by atoms with Crippen LogP contribution in [0.5, 0.6) is 0 Å². The van der Waals surface area contributed by atoms with Crippen molar-refractivity contribution in [2.75, 3.05) is 13.1 Å². The maximum absolute atomic E-state index is 10.9. The second-order valence-corrected chi connectivity index (χ2v) is 3.18. The molecule has 1 fully saturated rings. The maximum atomic E-state index is 10.9. The van der Waals surface area contributed by atoms with Gasteiger partial charge >= 0.3 is 0 Å². The predicted octanol–water partition coefficient (Wildman–Crippen LogP) is 0.0406. The Balaban J connectivity index is 2.45. The SMILES string of the molecule is C=CC(=O)NC1(C)CCNC1. The molecule has 62 valence electrons. The molecule has 0 aromatic heterocycles. The molecule has 1 unspecified atom stereocenters. The van der Waals surface area contributed by atoms with E-state index in [0.717, 1.165) is 19.5 Å². The number of amides is 1. The summed E-state index contributed by atoms with van der Waals surface area (Å²) in [5.74, 6) is -0.0869. The van der Waals surface area contributed by atoms with E-state index in [2.05, 4.69) is 17.2 Å². The Morgan fingerprint density at radius 3 is 3.00 bits per heavy atom. The monoisotopic (exact) mass is 154 g/mol. The molecule has 0 aromatic carbocycles. The van der Waals surface area contributed by atoms with E-state index < -0.39 is 0 Å². The second kappa shape index (κ2) is 3.05. The summed E-state index contributed by atoms with van der Waals surface area (Å²) in [6.45, 7) is 7.27. The molecular formula is C8H14N2O. The molecule has 1 amide bonds. The number of carbonyl (C=O) groups is 1. The summed E-state index contributed by atoms with van der Waals surface area (Å²) in [6.07, 6.45) is 2.30. The molecule has 1 aliphatic rings.